The summed E-state index contributed by atoms with van der Waals surface area (Å²) >= 11 is 11.4. The zero-order chi connectivity index (χ0) is 9.30. The minimum atomic E-state index is -0.517. The summed E-state index contributed by atoms with van der Waals surface area (Å²) < 4.78 is 0. The minimum Gasteiger partial charge on any atom is -0.366 e. The van der Waals surface area contributed by atoms with Crippen molar-refractivity contribution in [1.82, 2.24) is 0 Å². The van der Waals surface area contributed by atoms with Crippen LogP contribution in [0.4, 0.5) is 0 Å². The Morgan fingerprint density at radius 1 is 1.42 bits per heavy atom. The Bertz CT molecular complexity index is 336. The second kappa shape index (κ2) is 3.33. The number of carbonyl (C=O) groups is 1. The Morgan fingerprint density at radius 2 is 2.00 bits per heavy atom. The Labute approximate surface area is 80.3 Å². The molecular formula is C8H7Cl2NO. The van der Waals surface area contributed by atoms with E-state index in [4.69, 9.17) is 28.9 Å². The third-order valence-electron chi connectivity index (χ3n) is 1.57. The zero-order valence-electron chi connectivity index (χ0n) is 6.40. The van der Waals surface area contributed by atoms with Gasteiger partial charge in [0, 0.05) is 15.6 Å². The number of carbonyl (C=O) groups excluding carboxylic acids is 1. The van der Waals surface area contributed by atoms with Gasteiger partial charge in [0.1, 0.15) is 0 Å². The molecule has 0 fully saturated rings. The summed E-state index contributed by atoms with van der Waals surface area (Å²) in [6.45, 7) is 1.72. The van der Waals surface area contributed by atoms with Gasteiger partial charge in [-0.3, -0.25) is 4.79 Å². The highest BCUT2D eigenvalue weighted by atomic mass is 35.5. The Hall–Kier alpha value is -0.730. The fraction of sp³-hybridized carbons (Fsp3) is 0.125. The van der Waals surface area contributed by atoms with Gasteiger partial charge >= 0.3 is 0 Å². The maximum absolute atomic E-state index is 10.8. The molecule has 1 amide bonds. The largest absolute Gasteiger partial charge is 0.366 e. The fourth-order valence-electron chi connectivity index (χ4n) is 0.902. The van der Waals surface area contributed by atoms with E-state index >= 15 is 0 Å². The molecule has 12 heavy (non-hydrogen) atoms. The first-order valence-corrected chi connectivity index (χ1v) is 4.03. The van der Waals surface area contributed by atoms with Crippen LogP contribution in [0.2, 0.25) is 10.0 Å². The lowest BCUT2D eigenvalue weighted by atomic mass is 10.1. The van der Waals surface area contributed by atoms with E-state index in [1.54, 1.807) is 13.0 Å². The molecule has 2 nitrogen and oxygen atoms in total. The van der Waals surface area contributed by atoms with Crippen LogP contribution in [0, 0.1) is 6.92 Å². The molecule has 1 aromatic carbocycles. The van der Waals surface area contributed by atoms with Gasteiger partial charge in [0.25, 0.3) is 0 Å². The van der Waals surface area contributed by atoms with Crippen molar-refractivity contribution in [1.29, 1.82) is 0 Å². The normalized spacial score (nSPS) is 9.92. The average molecular weight is 204 g/mol. The number of hydrogen-bond donors (Lipinski definition) is 1. The Morgan fingerprint density at radius 3 is 2.50 bits per heavy atom. The van der Waals surface area contributed by atoms with Gasteiger partial charge in [-0.05, 0) is 24.6 Å². The molecule has 0 heterocycles. The molecule has 0 saturated heterocycles. The van der Waals surface area contributed by atoms with Crippen LogP contribution in [0.5, 0.6) is 0 Å². The van der Waals surface area contributed by atoms with Crippen LogP contribution in [-0.2, 0) is 0 Å². The van der Waals surface area contributed by atoms with Crippen molar-refractivity contribution >= 4 is 29.1 Å². The monoisotopic (exact) mass is 203 g/mol. The second-order valence-electron chi connectivity index (χ2n) is 2.42. The van der Waals surface area contributed by atoms with Crippen molar-refractivity contribution in [2.45, 2.75) is 6.92 Å². The highest BCUT2D eigenvalue weighted by Gasteiger charge is 2.08. The summed E-state index contributed by atoms with van der Waals surface area (Å²) in [6, 6.07) is 3.08. The lowest BCUT2D eigenvalue weighted by molar-refractivity contribution is 0.0999. The summed E-state index contributed by atoms with van der Waals surface area (Å²) in [5, 5.41) is 0.871. The van der Waals surface area contributed by atoms with Gasteiger partial charge in [-0.1, -0.05) is 23.2 Å². The number of benzene rings is 1. The highest BCUT2D eigenvalue weighted by molar-refractivity contribution is 6.35. The molecule has 0 aromatic heterocycles. The molecule has 0 atom stereocenters. The molecule has 0 aliphatic rings. The van der Waals surface area contributed by atoms with Gasteiger partial charge in [0.15, 0.2) is 0 Å². The molecule has 1 rings (SSSR count). The molecule has 0 bridgehead atoms. The van der Waals surface area contributed by atoms with Gasteiger partial charge in [-0.25, -0.2) is 0 Å². The van der Waals surface area contributed by atoms with E-state index in [1.165, 1.54) is 6.07 Å². The van der Waals surface area contributed by atoms with Crippen molar-refractivity contribution in [3.8, 4) is 0 Å². The number of rotatable bonds is 1. The summed E-state index contributed by atoms with van der Waals surface area (Å²) in [7, 11) is 0. The van der Waals surface area contributed by atoms with E-state index in [0.717, 1.165) is 0 Å². The molecule has 4 heteroatoms. The summed E-state index contributed by atoms with van der Waals surface area (Å²) in [6.07, 6.45) is 0. The number of halogens is 2. The molecule has 0 unspecified atom stereocenters. The summed E-state index contributed by atoms with van der Waals surface area (Å²) in [5.74, 6) is -0.517. The quantitative estimate of drug-likeness (QED) is 0.749. The topological polar surface area (TPSA) is 43.1 Å². The van der Waals surface area contributed by atoms with Crippen LogP contribution in [-0.4, -0.2) is 5.91 Å². The zero-order valence-corrected chi connectivity index (χ0v) is 7.91. The van der Waals surface area contributed by atoms with Crippen LogP contribution >= 0.6 is 23.2 Å². The van der Waals surface area contributed by atoms with Crippen LogP contribution in [0.3, 0.4) is 0 Å². The molecule has 64 valence electrons. The van der Waals surface area contributed by atoms with E-state index < -0.39 is 5.91 Å². The third-order valence-corrected chi connectivity index (χ3v) is 2.19. The predicted octanol–water partition coefficient (Wildman–Crippen LogP) is 2.40. The van der Waals surface area contributed by atoms with Gasteiger partial charge in [0.05, 0.1) is 0 Å². The number of amides is 1. The molecule has 0 spiro atoms. The van der Waals surface area contributed by atoms with Crippen LogP contribution in [0.15, 0.2) is 12.1 Å². The Balaban J connectivity index is 3.37. The first-order valence-electron chi connectivity index (χ1n) is 3.28. The standard InChI is InChI=1S/C8H7Cl2NO/c1-4-6(8(11)12)2-5(9)3-7(4)10/h2-3H,1H3,(H2,11,12). The second-order valence-corrected chi connectivity index (χ2v) is 3.27. The van der Waals surface area contributed by atoms with E-state index in [1.807, 2.05) is 0 Å². The number of nitrogens with two attached hydrogens (primary N) is 1. The van der Waals surface area contributed by atoms with Gasteiger partial charge < -0.3 is 5.73 Å². The molecule has 0 aliphatic heterocycles. The van der Waals surface area contributed by atoms with E-state index in [2.05, 4.69) is 0 Å². The highest BCUT2D eigenvalue weighted by Crippen LogP contribution is 2.23. The van der Waals surface area contributed by atoms with Crippen molar-refractivity contribution in [3.63, 3.8) is 0 Å². The SMILES string of the molecule is Cc1c(Cl)cc(Cl)cc1C(N)=O. The van der Waals surface area contributed by atoms with Crippen molar-refractivity contribution in [3.05, 3.63) is 33.3 Å². The maximum Gasteiger partial charge on any atom is 0.249 e. The average Bonchev–Trinajstić information content (AvgIpc) is 1.96. The van der Waals surface area contributed by atoms with E-state index in [9.17, 15) is 4.79 Å². The molecule has 0 radical (unpaired) electrons. The Kier molecular flexibility index (Phi) is 2.60. The number of hydrogen-bond acceptors (Lipinski definition) is 1. The van der Waals surface area contributed by atoms with Crippen LogP contribution in [0.1, 0.15) is 15.9 Å². The third kappa shape index (κ3) is 1.71. The van der Waals surface area contributed by atoms with Crippen LogP contribution in [0.25, 0.3) is 0 Å². The van der Waals surface area contributed by atoms with Crippen LogP contribution < -0.4 is 5.73 Å². The van der Waals surface area contributed by atoms with Gasteiger partial charge in [-0.2, -0.15) is 0 Å². The van der Waals surface area contributed by atoms with Crippen molar-refractivity contribution in [2.75, 3.05) is 0 Å². The molecule has 0 aliphatic carbocycles. The van der Waals surface area contributed by atoms with E-state index in [0.29, 0.717) is 21.2 Å². The first-order chi connectivity index (χ1) is 5.52. The van der Waals surface area contributed by atoms with Gasteiger partial charge in [0.2, 0.25) is 5.91 Å². The van der Waals surface area contributed by atoms with Crippen molar-refractivity contribution < 1.29 is 4.79 Å². The van der Waals surface area contributed by atoms with E-state index in [-0.39, 0.29) is 0 Å². The maximum atomic E-state index is 10.8. The number of primary amides is 1. The summed E-state index contributed by atoms with van der Waals surface area (Å²) in [4.78, 5) is 10.8. The summed E-state index contributed by atoms with van der Waals surface area (Å²) in [5.41, 5.74) is 6.12. The lowest BCUT2D eigenvalue weighted by Gasteiger charge is -2.03. The fourth-order valence-corrected chi connectivity index (χ4v) is 1.40. The minimum absolute atomic E-state index is 0.368. The van der Waals surface area contributed by atoms with Crippen molar-refractivity contribution in [2.24, 2.45) is 5.73 Å². The molecule has 0 saturated carbocycles. The predicted molar refractivity (Wildman–Crippen MR) is 49.7 cm³/mol. The van der Waals surface area contributed by atoms with Gasteiger partial charge in [-0.15, -0.1) is 0 Å². The first kappa shape index (κ1) is 9.36. The lowest BCUT2D eigenvalue weighted by Crippen LogP contribution is -2.12. The smallest absolute Gasteiger partial charge is 0.249 e. The molecule has 2 N–H and O–H groups in total. The molecule has 1 aromatic rings. The molecular weight excluding hydrogens is 197 g/mol.